The standard InChI is InChI=1S/C32H36N6O2S/c1-5-37(6-2)31(25-11-9-21-33-23-25)35-27-13-17-29(18-14-27)41(39,40)30-19-15-28(16-20-30)36-32(38(7-3)8-4)26-12-10-22-34-24-26/h9-24H,5-8H2,1-4H3. The van der Waals surface area contributed by atoms with E-state index in [4.69, 9.17) is 9.98 Å². The molecule has 212 valence electrons. The van der Waals surface area contributed by atoms with Crippen LogP contribution in [0.25, 0.3) is 0 Å². The minimum atomic E-state index is -3.72. The van der Waals surface area contributed by atoms with E-state index in [-0.39, 0.29) is 9.79 Å². The highest BCUT2D eigenvalue weighted by Crippen LogP contribution is 2.26. The first-order valence-corrected chi connectivity index (χ1v) is 15.3. The molecule has 9 heteroatoms. The van der Waals surface area contributed by atoms with Crippen LogP contribution in [-0.4, -0.2) is 66.0 Å². The molecule has 0 spiro atoms. The molecule has 0 saturated heterocycles. The van der Waals surface area contributed by atoms with Crippen LogP contribution in [0.3, 0.4) is 0 Å². The van der Waals surface area contributed by atoms with Gasteiger partial charge in [0.15, 0.2) is 0 Å². The SMILES string of the molecule is CCN(CC)C(=Nc1ccc(S(=O)(=O)c2ccc(N=C(c3cccnc3)N(CC)CC)cc2)cc1)c1cccnc1. The van der Waals surface area contributed by atoms with Crippen molar-refractivity contribution in [2.24, 2.45) is 9.98 Å². The number of hydrogen-bond acceptors (Lipinski definition) is 6. The Hall–Kier alpha value is -4.37. The van der Waals surface area contributed by atoms with E-state index in [0.29, 0.717) is 11.4 Å². The largest absolute Gasteiger partial charge is 0.357 e. The van der Waals surface area contributed by atoms with Crippen molar-refractivity contribution in [2.45, 2.75) is 37.5 Å². The Kier molecular flexibility index (Phi) is 9.97. The lowest BCUT2D eigenvalue weighted by molar-refractivity contribution is 0.466. The first-order valence-electron chi connectivity index (χ1n) is 13.8. The maximum atomic E-state index is 13.4. The van der Waals surface area contributed by atoms with Gasteiger partial charge in [-0.15, -0.1) is 0 Å². The number of aliphatic imine (C=N–C) groups is 2. The molecule has 8 nitrogen and oxygen atoms in total. The second-order valence-corrected chi connectivity index (χ2v) is 11.1. The predicted molar refractivity (Wildman–Crippen MR) is 165 cm³/mol. The molecule has 2 aromatic carbocycles. The lowest BCUT2D eigenvalue weighted by Gasteiger charge is -2.23. The van der Waals surface area contributed by atoms with Gasteiger partial charge in [-0.25, -0.2) is 18.4 Å². The summed E-state index contributed by atoms with van der Waals surface area (Å²) in [4.78, 5) is 22.9. The predicted octanol–water partition coefficient (Wildman–Crippen LogP) is 6.15. The lowest BCUT2D eigenvalue weighted by atomic mass is 10.2. The van der Waals surface area contributed by atoms with Gasteiger partial charge in [0, 0.05) is 62.1 Å². The van der Waals surface area contributed by atoms with Gasteiger partial charge in [0.2, 0.25) is 9.84 Å². The van der Waals surface area contributed by atoms with Crippen LogP contribution in [-0.2, 0) is 9.84 Å². The number of rotatable bonds is 10. The topological polar surface area (TPSA) is 91.1 Å². The Balaban J connectivity index is 1.61. The number of hydrogen-bond donors (Lipinski definition) is 0. The lowest BCUT2D eigenvalue weighted by Crippen LogP contribution is -2.31. The molecular weight excluding hydrogens is 532 g/mol. The molecule has 0 bridgehead atoms. The molecule has 0 unspecified atom stereocenters. The van der Waals surface area contributed by atoms with E-state index in [0.717, 1.165) is 49.0 Å². The molecule has 0 fully saturated rings. The van der Waals surface area contributed by atoms with Gasteiger partial charge in [0.05, 0.1) is 21.2 Å². The smallest absolute Gasteiger partial charge is 0.206 e. The summed E-state index contributed by atoms with van der Waals surface area (Å²) in [6, 6.07) is 21.0. The van der Waals surface area contributed by atoms with Crippen LogP contribution in [0.2, 0.25) is 0 Å². The zero-order valence-electron chi connectivity index (χ0n) is 24.0. The summed E-state index contributed by atoms with van der Waals surface area (Å²) >= 11 is 0. The summed E-state index contributed by atoms with van der Waals surface area (Å²) in [6.45, 7) is 11.4. The monoisotopic (exact) mass is 568 g/mol. The molecular formula is C32H36N6O2S. The fourth-order valence-electron chi connectivity index (χ4n) is 4.45. The Bertz CT molecular complexity index is 1450. The fraction of sp³-hybridized carbons (Fsp3) is 0.250. The van der Waals surface area contributed by atoms with Crippen LogP contribution in [0.4, 0.5) is 11.4 Å². The Morgan fingerprint density at radius 3 is 1.27 bits per heavy atom. The van der Waals surface area contributed by atoms with Gasteiger partial charge in [-0.05, 0) is 100 Å². The highest BCUT2D eigenvalue weighted by atomic mass is 32.2. The van der Waals surface area contributed by atoms with E-state index >= 15 is 0 Å². The molecule has 0 N–H and O–H groups in total. The van der Waals surface area contributed by atoms with Gasteiger partial charge in [0.25, 0.3) is 0 Å². The molecule has 2 aromatic heterocycles. The van der Waals surface area contributed by atoms with Crippen LogP contribution >= 0.6 is 0 Å². The number of aromatic nitrogens is 2. The number of sulfone groups is 1. The number of nitrogens with zero attached hydrogens (tertiary/aromatic N) is 6. The number of benzene rings is 2. The van der Waals surface area contributed by atoms with Crippen molar-refractivity contribution in [1.82, 2.24) is 19.8 Å². The van der Waals surface area contributed by atoms with E-state index in [1.165, 1.54) is 0 Å². The van der Waals surface area contributed by atoms with Crippen molar-refractivity contribution in [1.29, 1.82) is 0 Å². The molecule has 0 saturated carbocycles. The van der Waals surface area contributed by atoms with E-state index in [1.807, 2.05) is 24.3 Å². The van der Waals surface area contributed by atoms with Crippen molar-refractivity contribution >= 4 is 32.9 Å². The van der Waals surface area contributed by atoms with Crippen molar-refractivity contribution < 1.29 is 8.42 Å². The second kappa shape index (κ2) is 13.8. The minimum absolute atomic E-state index is 0.206. The minimum Gasteiger partial charge on any atom is -0.357 e. The second-order valence-electron chi connectivity index (χ2n) is 9.19. The average molecular weight is 569 g/mol. The normalized spacial score (nSPS) is 12.3. The molecule has 4 aromatic rings. The van der Waals surface area contributed by atoms with Gasteiger partial charge >= 0.3 is 0 Å². The summed E-state index contributed by atoms with van der Waals surface area (Å²) < 4.78 is 26.9. The van der Waals surface area contributed by atoms with Crippen LogP contribution in [0.1, 0.15) is 38.8 Å². The van der Waals surface area contributed by atoms with Crippen LogP contribution in [0, 0.1) is 0 Å². The summed E-state index contributed by atoms with van der Waals surface area (Å²) in [5.74, 6) is 1.59. The molecule has 0 amide bonds. The van der Waals surface area contributed by atoms with Gasteiger partial charge in [-0.3, -0.25) is 9.97 Å². The first kappa shape index (κ1) is 29.6. The molecule has 4 rings (SSSR count). The first-order chi connectivity index (χ1) is 19.9. The van der Waals surface area contributed by atoms with Crippen LogP contribution in [0.15, 0.2) is 117 Å². The highest BCUT2D eigenvalue weighted by molar-refractivity contribution is 7.91. The van der Waals surface area contributed by atoms with Gasteiger partial charge in [-0.2, -0.15) is 0 Å². The van der Waals surface area contributed by atoms with E-state index in [2.05, 4.69) is 47.5 Å². The Morgan fingerprint density at radius 1 is 0.610 bits per heavy atom. The van der Waals surface area contributed by atoms with Crippen molar-refractivity contribution in [2.75, 3.05) is 26.2 Å². The molecule has 41 heavy (non-hydrogen) atoms. The zero-order valence-corrected chi connectivity index (χ0v) is 24.8. The summed E-state index contributed by atoms with van der Waals surface area (Å²) in [5.41, 5.74) is 3.14. The Labute approximate surface area is 243 Å². The van der Waals surface area contributed by atoms with Crippen molar-refractivity contribution in [3.8, 4) is 0 Å². The fourth-order valence-corrected chi connectivity index (χ4v) is 5.71. The number of pyridine rings is 2. The number of amidine groups is 2. The third-order valence-corrected chi connectivity index (χ3v) is 8.52. The molecule has 0 atom stereocenters. The molecule has 0 radical (unpaired) electrons. The van der Waals surface area contributed by atoms with E-state index < -0.39 is 9.84 Å². The van der Waals surface area contributed by atoms with E-state index in [1.54, 1.807) is 73.3 Å². The van der Waals surface area contributed by atoms with Crippen LogP contribution < -0.4 is 0 Å². The third-order valence-electron chi connectivity index (χ3n) is 6.73. The van der Waals surface area contributed by atoms with Crippen molar-refractivity contribution in [3.63, 3.8) is 0 Å². The van der Waals surface area contributed by atoms with Gasteiger partial charge < -0.3 is 9.80 Å². The van der Waals surface area contributed by atoms with Gasteiger partial charge in [-0.1, -0.05) is 0 Å². The molecule has 0 aliphatic heterocycles. The van der Waals surface area contributed by atoms with Crippen molar-refractivity contribution in [3.05, 3.63) is 109 Å². The van der Waals surface area contributed by atoms with Gasteiger partial charge in [0.1, 0.15) is 11.7 Å². The summed E-state index contributed by atoms with van der Waals surface area (Å²) in [5, 5.41) is 0. The van der Waals surface area contributed by atoms with E-state index in [9.17, 15) is 8.42 Å². The zero-order chi connectivity index (χ0) is 29.2. The Morgan fingerprint density at radius 2 is 0.976 bits per heavy atom. The maximum absolute atomic E-state index is 13.4. The maximum Gasteiger partial charge on any atom is 0.206 e. The molecule has 0 aliphatic carbocycles. The summed E-state index contributed by atoms with van der Waals surface area (Å²) in [7, 11) is -3.72. The molecule has 0 aliphatic rings. The third kappa shape index (κ3) is 7.05. The quantitative estimate of drug-likeness (QED) is 0.168. The molecule has 2 heterocycles. The van der Waals surface area contributed by atoms with Crippen LogP contribution in [0.5, 0.6) is 0 Å². The summed E-state index contributed by atoms with van der Waals surface area (Å²) in [6.07, 6.45) is 7.02. The highest BCUT2D eigenvalue weighted by Gasteiger charge is 2.18. The average Bonchev–Trinajstić information content (AvgIpc) is 3.02.